The van der Waals surface area contributed by atoms with Crippen LogP contribution in [0.1, 0.15) is 50.4 Å². The van der Waals surface area contributed by atoms with Crippen LogP contribution in [0, 0.1) is 5.92 Å². The summed E-state index contributed by atoms with van der Waals surface area (Å²) in [5.74, 6) is 1.65. The molecule has 7 aromatic rings. The Morgan fingerprint density at radius 2 is 1.47 bits per heavy atom. The number of aromatic amines is 2. The van der Waals surface area contributed by atoms with Crippen LogP contribution in [0.5, 0.6) is 0 Å². The average Bonchev–Trinajstić information content (AvgIpc) is 4.08. The van der Waals surface area contributed by atoms with E-state index in [0.29, 0.717) is 12.4 Å². The van der Waals surface area contributed by atoms with Gasteiger partial charge in [-0.3, -0.25) is 9.59 Å². The van der Waals surface area contributed by atoms with E-state index in [1.54, 1.807) is 27.6 Å². The molecule has 3 aromatic carbocycles. The molecule has 0 bridgehead atoms. The lowest BCUT2D eigenvalue weighted by Crippen LogP contribution is -2.47. The number of alkyl carbamates (subject to hydrolysis) is 1. The number of aromatic nitrogens is 4. The van der Waals surface area contributed by atoms with Crippen molar-refractivity contribution in [1.29, 1.82) is 0 Å². The summed E-state index contributed by atoms with van der Waals surface area (Å²) in [6.07, 6.45) is 5.10. The van der Waals surface area contributed by atoms with E-state index >= 15 is 0 Å². The fourth-order valence-electron chi connectivity index (χ4n) is 8.34. The van der Waals surface area contributed by atoms with Crippen molar-refractivity contribution in [3.8, 4) is 33.4 Å². The monoisotopic (exact) mass is 812 g/mol. The van der Waals surface area contributed by atoms with Gasteiger partial charge < -0.3 is 35.1 Å². The highest BCUT2D eigenvalue weighted by atomic mass is 32.1. The summed E-state index contributed by atoms with van der Waals surface area (Å²) < 4.78 is 7.13. The normalized spacial score (nSPS) is 17.3. The second-order valence-corrected chi connectivity index (χ2v) is 17.0. The molecule has 1 fully saturated rings. The third-order valence-electron chi connectivity index (χ3n) is 11.3. The highest BCUT2D eigenvalue weighted by Crippen LogP contribution is 2.45. The quantitative estimate of drug-likeness (QED) is 0.101. The SMILES string of the molecule is CNC(C(=O)N1CCCC1c1nc2ccc(-c3csc4c(-c5ccc(-c6ccc7nc(C8C=CCN8C(=O)CNC(=O)OC)[nH]c7c6)cc5)csc34)cc2[nH]1)C(C)C. The zero-order chi connectivity index (χ0) is 40.1. The first-order chi connectivity index (χ1) is 28.2. The van der Waals surface area contributed by atoms with E-state index in [0.717, 1.165) is 69.5 Å². The van der Waals surface area contributed by atoms with Crippen molar-refractivity contribution < 1.29 is 19.1 Å². The van der Waals surface area contributed by atoms with Crippen LogP contribution < -0.4 is 10.6 Å². The van der Waals surface area contributed by atoms with Crippen molar-refractivity contribution in [3.05, 3.63) is 95.2 Å². The van der Waals surface area contributed by atoms with Crippen molar-refractivity contribution in [1.82, 2.24) is 40.4 Å². The summed E-state index contributed by atoms with van der Waals surface area (Å²) in [4.78, 5) is 58.3. The second-order valence-electron chi connectivity index (χ2n) is 15.2. The smallest absolute Gasteiger partial charge is 0.407 e. The van der Waals surface area contributed by atoms with E-state index in [1.807, 2.05) is 30.2 Å². The van der Waals surface area contributed by atoms with Gasteiger partial charge in [0, 0.05) is 35.0 Å². The van der Waals surface area contributed by atoms with Crippen molar-refractivity contribution in [3.63, 3.8) is 0 Å². The van der Waals surface area contributed by atoms with Gasteiger partial charge in [0.2, 0.25) is 11.8 Å². The molecular formula is C44H44N8O4S2. The number of likely N-dealkylation sites (tertiary alicyclic amines) is 1. The van der Waals surface area contributed by atoms with Crippen LogP contribution in [0.25, 0.3) is 64.8 Å². The van der Waals surface area contributed by atoms with E-state index in [4.69, 9.17) is 9.97 Å². The van der Waals surface area contributed by atoms with Gasteiger partial charge in [-0.25, -0.2) is 14.8 Å². The number of likely N-dealkylation sites (N-methyl/N-ethyl adjacent to an activating group) is 1. The molecule has 3 amide bonds. The molecule has 6 heterocycles. The maximum Gasteiger partial charge on any atom is 0.407 e. The minimum atomic E-state index is -0.645. The Morgan fingerprint density at radius 3 is 2.16 bits per heavy atom. The first-order valence-electron chi connectivity index (χ1n) is 19.6. The van der Waals surface area contributed by atoms with Gasteiger partial charge in [-0.2, -0.15) is 0 Å². The van der Waals surface area contributed by atoms with Crippen LogP contribution >= 0.6 is 22.7 Å². The number of carbonyl (C=O) groups is 3. The number of H-pyrrole nitrogens is 2. The summed E-state index contributed by atoms with van der Waals surface area (Å²) in [5.41, 5.74) is 10.5. The largest absolute Gasteiger partial charge is 0.453 e. The number of hydrogen-bond donors (Lipinski definition) is 4. The zero-order valence-corrected chi connectivity index (χ0v) is 34.3. The molecule has 0 radical (unpaired) electrons. The minimum absolute atomic E-state index is 0.0487. The number of amides is 3. The van der Waals surface area contributed by atoms with Crippen LogP contribution in [0.3, 0.4) is 0 Å². The first kappa shape index (κ1) is 37.7. The molecule has 2 aliphatic rings. The average molecular weight is 813 g/mol. The predicted molar refractivity (Wildman–Crippen MR) is 231 cm³/mol. The predicted octanol–water partition coefficient (Wildman–Crippen LogP) is 8.42. The summed E-state index contributed by atoms with van der Waals surface area (Å²) >= 11 is 3.54. The van der Waals surface area contributed by atoms with Gasteiger partial charge >= 0.3 is 6.09 Å². The second kappa shape index (κ2) is 15.5. The third kappa shape index (κ3) is 6.84. The number of fused-ring (bicyclic) bond motifs is 3. The van der Waals surface area contributed by atoms with Crippen LogP contribution in [-0.4, -0.2) is 87.5 Å². The molecule has 58 heavy (non-hydrogen) atoms. The molecule has 3 atom stereocenters. The first-order valence-corrected chi connectivity index (χ1v) is 21.3. The molecule has 4 N–H and O–H groups in total. The van der Waals surface area contributed by atoms with E-state index in [2.05, 4.69) is 105 Å². The maximum atomic E-state index is 13.5. The summed E-state index contributed by atoms with van der Waals surface area (Å²) in [5, 5.41) is 10.2. The molecule has 2 aliphatic heterocycles. The number of hydrogen-bond acceptors (Lipinski definition) is 9. The maximum absolute atomic E-state index is 13.5. The van der Waals surface area contributed by atoms with E-state index < -0.39 is 6.09 Å². The highest BCUT2D eigenvalue weighted by molar-refractivity contribution is 7.27. The Bertz CT molecular complexity index is 2710. The van der Waals surface area contributed by atoms with Crippen molar-refractivity contribution in [2.45, 2.75) is 44.8 Å². The molecule has 1 saturated heterocycles. The molecular weight excluding hydrogens is 769 g/mol. The van der Waals surface area contributed by atoms with Crippen LogP contribution in [0.2, 0.25) is 0 Å². The Morgan fingerprint density at radius 1 is 0.845 bits per heavy atom. The number of imidazole rings is 2. The molecule has 12 nitrogen and oxygen atoms in total. The molecule has 0 spiro atoms. The lowest BCUT2D eigenvalue weighted by Gasteiger charge is -2.29. The van der Waals surface area contributed by atoms with Crippen LogP contribution in [-0.2, 0) is 14.3 Å². The molecule has 0 saturated carbocycles. The molecule has 14 heteroatoms. The number of thiophene rings is 2. The Labute approximate surface area is 343 Å². The molecule has 3 unspecified atom stereocenters. The topological polar surface area (TPSA) is 148 Å². The lowest BCUT2D eigenvalue weighted by atomic mass is 10.0. The van der Waals surface area contributed by atoms with Gasteiger partial charge in [0.15, 0.2) is 0 Å². The number of nitrogens with zero attached hydrogens (tertiary/aromatic N) is 4. The third-order valence-corrected chi connectivity index (χ3v) is 13.5. The standard InChI is InChI=1S/C44H44N8O4S2/c1-24(2)38(45-3)43(54)52-18-6-8-36(52)42-48-32-16-14-28(20-34(32)50-42)30-23-58-39-29(22-57-40(30)39)26-11-9-25(10-12-26)27-13-15-31-33(19-27)49-41(47-31)35-7-5-17-51(35)37(53)21-46-44(55)56-4/h5,7,9-16,19-20,22-24,35-36,38,45H,6,8,17-18,21H2,1-4H3,(H,46,55)(H,47,49)(H,48,50). The van der Waals surface area contributed by atoms with E-state index in [9.17, 15) is 14.4 Å². The van der Waals surface area contributed by atoms with Crippen molar-refractivity contribution in [2.75, 3.05) is 33.8 Å². The fourth-order valence-corrected chi connectivity index (χ4v) is 10.8. The number of ether oxygens (including phenoxy) is 1. The molecule has 4 aromatic heterocycles. The summed E-state index contributed by atoms with van der Waals surface area (Å²) in [6.45, 7) is 5.19. The Kier molecular flexibility index (Phi) is 10.1. The number of methoxy groups -OCH3 is 1. The van der Waals surface area contributed by atoms with Crippen molar-refractivity contribution in [2.24, 2.45) is 5.92 Å². The van der Waals surface area contributed by atoms with Gasteiger partial charge in [0.25, 0.3) is 0 Å². The fraction of sp³-hybridized carbons (Fsp3) is 0.295. The number of nitrogens with one attached hydrogen (secondary N) is 4. The molecule has 9 rings (SSSR count). The number of benzene rings is 3. The zero-order valence-electron chi connectivity index (χ0n) is 32.7. The number of rotatable bonds is 10. The van der Waals surface area contributed by atoms with Gasteiger partial charge in [-0.1, -0.05) is 62.4 Å². The van der Waals surface area contributed by atoms with Gasteiger partial charge in [-0.05, 0) is 72.3 Å². The molecule has 296 valence electrons. The van der Waals surface area contributed by atoms with Gasteiger partial charge in [-0.15, -0.1) is 22.7 Å². The Hall–Kier alpha value is -5.83. The van der Waals surface area contributed by atoms with E-state index in [-0.39, 0.29) is 42.4 Å². The molecule has 0 aliphatic carbocycles. The van der Waals surface area contributed by atoms with E-state index in [1.165, 1.54) is 27.6 Å². The summed E-state index contributed by atoms with van der Waals surface area (Å²) in [7, 11) is 3.13. The van der Waals surface area contributed by atoms with Gasteiger partial charge in [0.05, 0.1) is 50.7 Å². The van der Waals surface area contributed by atoms with Crippen LogP contribution in [0.4, 0.5) is 4.79 Å². The Balaban J connectivity index is 0.919. The highest BCUT2D eigenvalue weighted by Gasteiger charge is 2.36. The van der Waals surface area contributed by atoms with Crippen molar-refractivity contribution >= 4 is 72.0 Å². The summed E-state index contributed by atoms with van der Waals surface area (Å²) in [6, 6.07) is 20.7. The van der Waals surface area contributed by atoms with Gasteiger partial charge in [0.1, 0.15) is 24.2 Å². The lowest BCUT2D eigenvalue weighted by molar-refractivity contribution is -0.135. The number of carbonyl (C=O) groups excluding carboxylic acids is 3. The minimum Gasteiger partial charge on any atom is -0.453 e. The van der Waals surface area contributed by atoms with Crippen LogP contribution in [0.15, 0.2) is 83.6 Å².